The van der Waals surface area contributed by atoms with Crippen LogP contribution in [0, 0.1) is 0 Å². The minimum absolute atomic E-state index is 0.251. The normalized spacial score (nSPS) is 11.6. The van der Waals surface area contributed by atoms with Gasteiger partial charge in [0.1, 0.15) is 0 Å². The summed E-state index contributed by atoms with van der Waals surface area (Å²) < 4.78 is 7.74. The van der Waals surface area contributed by atoms with Crippen molar-refractivity contribution in [1.82, 2.24) is 4.57 Å². The van der Waals surface area contributed by atoms with Gasteiger partial charge >= 0.3 is 0 Å². The van der Waals surface area contributed by atoms with E-state index in [9.17, 15) is 0 Å². The zero-order valence-electron chi connectivity index (χ0n) is 9.83. The largest absolute Gasteiger partial charge is 0.373 e. The number of rotatable bonds is 3. The molecule has 0 saturated carbocycles. The van der Waals surface area contributed by atoms with Crippen molar-refractivity contribution in [3.05, 3.63) is 35.0 Å². The van der Waals surface area contributed by atoms with E-state index in [4.69, 9.17) is 16.3 Å². The van der Waals surface area contributed by atoms with Gasteiger partial charge in [-0.3, -0.25) is 0 Å². The smallest absolute Gasteiger partial charge is 0.0871 e. The van der Waals surface area contributed by atoms with Crippen LogP contribution in [0.1, 0.15) is 19.5 Å². The molecule has 1 aromatic carbocycles. The standard InChI is InChI=1S/C13H16ClNO/c1-9(2)16-8-12-6-10-4-5-11(14)7-13(10)15(12)3/h4-7,9H,8H2,1-3H3. The third-order valence-corrected chi connectivity index (χ3v) is 2.91. The van der Waals surface area contributed by atoms with Crippen molar-refractivity contribution in [2.75, 3.05) is 0 Å². The first-order chi connectivity index (χ1) is 7.58. The fraction of sp³-hybridized carbons (Fsp3) is 0.385. The van der Waals surface area contributed by atoms with Gasteiger partial charge in [-0.1, -0.05) is 17.7 Å². The van der Waals surface area contributed by atoms with Crippen molar-refractivity contribution in [2.45, 2.75) is 26.6 Å². The van der Waals surface area contributed by atoms with Crippen LogP contribution in [0.15, 0.2) is 24.3 Å². The van der Waals surface area contributed by atoms with Crippen molar-refractivity contribution >= 4 is 22.5 Å². The zero-order valence-corrected chi connectivity index (χ0v) is 10.6. The summed E-state index contributed by atoms with van der Waals surface area (Å²) in [5.74, 6) is 0. The first-order valence-corrected chi connectivity index (χ1v) is 5.81. The van der Waals surface area contributed by atoms with Crippen LogP contribution in [0.5, 0.6) is 0 Å². The molecule has 0 N–H and O–H groups in total. The van der Waals surface area contributed by atoms with Crippen LogP contribution in [0.25, 0.3) is 10.9 Å². The van der Waals surface area contributed by atoms with Gasteiger partial charge in [-0.25, -0.2) is 0 Å². The Morgan fingerprint density at radius 2 is 2.06 bits per heavy atom. The number of nitrogens with zero attached hydrogens (tertiary/aromatic N) is 1. The number of hydrogen-bond donors (Lipinski definition) is 0. The molecule has 0 amide bonds. The molecule has 0 saturated heterocycles. The van der Waals surface area contributed by atoms with Gasteiger partial charge in [0.25, 0.3) is 0 Å². The molecule has 0 fully saturated rings. The molecule has 0 aliphatic rings. The molecule has 3 heteroatoms. The lowest BCUT2D eigenvalue weighted by Crippen LogP contribution is -2.05. The maximum absolute atomic E-state index is 5.98. The SMILES string of the molecule is CC(C)OCc1cc2ccc(Cl)cc2n1C. The van der Waals surface area contributed by atoms with Gasteiger partial charge in [-0.2, -0.15) is 0 Å². The third kappa shape index (κ3) is 2.23. The van der Waals surface area contributed by atoms with Crippen LogP contribution in [0.4, 0.5) is 0 Å². The van der Waals surface area contributed by atoms with E-state index in [1.54, 1.807) is 0 Å². The van der Waals surface area contributed by atoms with Crippen LogP contribution < -0.4 is 0 Å². The van der Waals surface area contributed by atoms with E-state index in [0.717, 1.165) is 10.5 Å². The molecule has 2 rings (SSSR count). The molecule has 86 valence electrons. The summed E-state index contributed by atoms with van der Waals surface area (Å²) in [6.07, 6.45) is 0.251. The average molecular weight is 238 g/mol. The molecule has 0 spiro atoms. The van der Waals surface area contributed by atoms with Crippen molar-refractivity contribution in [1.29, 1.82) is 0 Å². The number of hydrogen-bond acceptors (Lipinski definition) is 1. The van der Waals surface area contributed by atoms with E-state index < -0.39 is 0 Å². The van der Waals surface area contributed by atoms with Gasteiger partial charge in [0, 0.05) is 28.7 Å². The van der Waals surface area contributed by atoms with E-state index >= 15 is 0 Å². The summed E-state index contributed by atoms with van der Waals surface area (Å²) in [4.78, 5) is 0. The van der Waals surface area contributed by atoms with Crippen molar-refractivity contribution < 1.29 is 4.74 Å². The molecular formula is C13H16ClNO. The predicted octanol–water partition coefficient (Wildman–Crippen LogP) is 3.76. The Balaban J connectivity index is 2.36. The second kappa shape index (κ2) is 4.48. The molecule has 2 nitrogen and oxygen atoms in total. The molecule has 0 atom stereocenters. The fourth-order valence-corrected chi connectivity index (χ4v) is 1.92. The minimum Gasteiger partial charge on any atom is -0.373 e. The number of halogens is 1. The molecule has 0 radical (unpaired) electrons. The van der Waals surface area contributed by atoms with Gasteiger partial charge in [-0.05, 0) is 32.0 Å². The highest BCUT2D eigenvalue weighted by Gasteiger charge is 2.06. The van der Waals surface area contributed by atoms with Crippen LogP contribution in [0.3, 0.4) is 0 Å². The molecule has 0 aliphatic carbocycles. The second-order valence-electron chi connectivity index (χ2n) is 4.26. The second-order valence-corrected chi connectivity index (χ2v) is 4.69. The van der Waals surface area contributed by atoms with Gasteiger partial charge in [0.2, 0.25) is 0 Å². The van der Waals surface area contributed by atoms with Crippen LogP contribution in [-0.2, 0) is 18.4 Å². The van der Waals surface area contributed by atoms with E-state index in [1.807, 2.05) is 39.1 Å². The van der Waals surface area contributed by atoms with Crippen molar-refractivity contribution in [3.8, 4) is 0 Å². The summed E-state index contributed by atoms with van der Waals surface area (Å²) >= 11 is 5.98. The lowest BCUT2D eigenvalue weighted by Gasteiger charge is -2.08. The van der Waals surface area contributed by atoms with Gasteiger partial charge < -0.3 is 9.30 Å². The Kier molecular flexibility index (Phi) is 3.22. The van der Waals surface area contributed by atoms with Crippen LogP contribution in [-0.4, -0.2) is 10.7 Å². The molecule has 1 heterocycles. The van der Waals surface area contributed by atoms with Crippen LogP contribution >= 0.6 is 11.6 Å². The summed E-state index contributed by atoms with van der Waals surface area (Å²) in [6, 6.07) is 8.08. The number of aromatic nitrogens is 1. The lowest BCUT2D eigenvalue weighted by molar-refractivity contribution is 0.0624. The summed E-state index contributed by atoms with van der Waals surface area (Å²) in [5.41, 5.74) is 2.32. The molecular weight excluding hydrogens is 222 g/mol. The monoisotopic (exact) mass is 237 g/mol. The summed E-state index contributed by atoms with van der Waals surface area (Å²) in [6.45, 7) is 4.72. The maximum atomic E-state index is 5.98. The van der Waals surface area contributed by atoms with Crippen molar-refractivity contribution in [3.63, 3.8) is 0 Å². The Hall–Kier alpha value is -0.990. The number of aryl methyl sites for hydroxylation is 1. The van der Waals surface area contributed by atoms with E-state index in [2.05, 4.69) is 10.6 Å². The zero-order chi connectivity index (χ0) is 11.7. The first kappa shape index (κ1) is 11.5. The molecule has 0 aliphatic heterocycles. The Bertz CT molecular complexity index is 502. The summed E-state index contributed by atoms with van der Waals surface area (Å²) in [5, 5.41) is 1.97. The minimum atomic E-state index is 0.251. The van der Waals surface area contributed by atoms with E-state index in [0.29, 0.717) is 6.61 Å². The first-order valence-electron chi connectivity index (χ1n) is 5.43. The number of ether oxygens (including phenoxy) is 1. The highest BCUT2D eigenvalue weighted by atomic mass is 35.5. The Morgan fingerprint density at radius 1 is 1.31 bits per heavy atom. The Labute approximate surface area is 101 Å². The molecule has 16 heavy (non-hydrogen) atoms. The van der Waals surface area contributed by atoms with E-state index in [-0.39, 0.29) is 6.10 Å². The molecule has 0 unspecified atom stereocenters. The molecule has 2 aromatic rings. The topological polar surface area (TPSA) is 14.2 Å². The van der Waals surface area contributed by atoms with Crippen LogP contribution in [0.2, 0.25) is 5.02 Å². The predicted molar refractivity (Wildman–Crippen MR) is 67.9 cm³/mol. The summed E-state index contributed by atoms with van der Waals surface area (Å²) in [7, 11) is 2.04. The quantitative estimate of drug-likeness (QED) is 0.793. The van der Waals surface area contributed by atoms with Gasteiger partial charge in [0.05, 0.1) is 12.7 Å². The van der Waals surface area contributed by atoms with Gasteiger partial charge in [0.15, 0.2) is 0 Å². The third-order valence-electron chi connectivity index (χ3n) is 2.67. The van der Waals surface area contributed by atoms with Gasteiger partial charge in [-0.15, -0.1) is 0 Å². The van der Waals surface area contributed by atoms with Crippen molar-refractivity contribution in [2.24, 2.45) is 7.05 Å². The van der Waals surface area contributed by atoms with E-state index in [1.165, 1.54) is 11.1 Å². The number of benzene rings is 1. The lowest BCUT2D eigenvalue weighted by atomic mass is 10.2. The highest BCUT2D eigenvalue weighted by molar-refractivity contribution is 6.31. The Morgan fingerprint density at radius 3 is 2.75 bits per heavy atom. The maximum Gasteiger partial charge on any atom is 0.0871 e. The molecule has 1 aromatic heterocycles. The highest BCUT2D eigenvalue weighted by Crippen LogP contribution is 2.23. The fourth-order valence-electron chi connectivity index (χ4n) is 1.75. The average Bonchev–Trinajstić information content (AvgIpc) is 2.53. The molecule has 0 bridgehead atoms. The number of fused-ring (bicyclic) bond motifs is 1.